The molecule has 3 saturated heterocycles. The summed E-state index contributed by atoms with van der Waals surface area (Å²) < 4.78 is 45.2. The summed E-state index contributed by atoms with van der Waals surface area (Å²) in [4.78, 5) is 15.2. The summed E-state index contributed by atoms with van der Waals surface area (Å²) in [5.41, 5.74) is 1.28. The molecule has 0 saturated carbocycles. The summed E-state index contributed by atoms with van der Waals surface area (Å²) in [5, 5.41) is 2.88. The summed E-state index contributed by atoms with van der Waals surface area (Å²) in [6.45, 7) is 4.20. The molecule has 10 heteroatoms. The Bertz CT molecular complexity index is 1160. The highest BCUT2D eigenvalue weighted by molar-refractivity contribution is 7.89. The van der Waals surface area contributed by atoms with E-state index in [1.54, 1.807) is 18.2 Å². The Kier molecular flexibility index (Phi) is 8.23. The first-order valence-electron chi connectivity index (χ1n) is 12.9. The average Bonchev–Trinajstić information content (AvgIpc) is 3.39. The lowest BCUT2D eigenvalue weighted by Gasteiger charge is -2.44. The molecule has 3 fully saturated rings. The second-order valence-corrected chi connectivity index (χ2v) is 11.8. The number of ether oxygens (including phenoxy) is 3. The lowest BCUT2D eigenvalue weighted by atomic mass is 9.85. The van der Waals surface area contributed by atoms with Gasteiger partial charge < -0.3 is 19.5 Å². The Morgan fingerprint density at radius 1 is 1.03 bits per heavy atom. The van der Waals surface area contributed by atoms with Gasteiger partial charge in [0.2, 0.25) is 15.9 Å². The van der Waals surface area contributed by atoms with Crippen LogP contribution in [0.1, 0.15) is 24.8 Å². The van der Waals surface area contributed by atoms with Gasteiger partial charge in [0.15, 0.2) is 0 Å². The first kappa shape index (κ1) is 26.3. The summed E-state index contributed by atoms with van der Waals surface area (Å²) in [5.74, 6) is -0.189. The zero-order chi connectivity index (χ0) is 25.7. The molecule has 0 bridgehead atoms. The van der Waals surface area contributed by atoms with Crippen molar-refractivity contribution >= 4 is 21.6 Å². The number of nitrogens with one attached hydrogen (secondary N) is 1. The fourth-order valence-corrected chi connectivity index (χ4v) is 6.82. The van der Waals surface area contributed by atoms with E-state index in [4.69, 9.17) is 14.2 Å². The summed E-state index contributed by atoms with van der Waals surface area (Å²) in [7, 11) is -3.64. The number of nitrogens with zero attached hydrogens (tertiary/aromatic N) is 2. The predicted octanol–water partition coefficient (Wildman–Crippen LogP) is 2.49. The number of carbonyl (C=O) groups excluding carboxylic acids is 1. The van der Waals surface area contributed by atoms with E-state index in [2.05, 4.69) is 10.2 Å². The standard InChI is InChI=1S/C27H35N3O6S/c31-26(28-23-8-4-9-24(18-23)37(32,33)30-13-16-34-17-14-30)20-29-12-11-27(10-5-15-36-27)25(19-29)35-21-22-6-2-1-3-7-22/h1-4,6-9,18,25H,5,10-17,19-21H2,(H,28,31)/t25-,27-/m1/s1. The molecule has 9 nitrogen and oxygen atoms in total. The molecule has 2 atom stereocenters. The van der Waals surface area contributed by atoms with Gasteiger partial charge in [-0.2, -0.15) is 4.31 Å². The van der Waals surface area contributed by atoms with Gasteiger partial charge >= 0.3 is 0 Å². The molecule has 1 N–H and O–H groups in total. The topological polar surface area (TPSA) is 97.4 Å². The molecular formula is C27H35N3O6S. The first-order valence-corrected chi connectivity index (χ1v) is 14.4. The van der Waals surface area contributed by atoms with Crippen molar-refractivity contribution in [3.8, 4) is 0 Å². The van der Waals surface area contributed by atoms with Crippen LogP contribution in [-0.4, -0.2) is 87.8 Å². The van der Waals surface area contributed by atoms with E-state index < -0.39 is 10.0 Å². The van der Waals surface area contributed by atoms with Gasteiger partial charge in [0, 0.05) is 38.5 Å². The highest BCUT2D eigenvalue weighted by Gasteiger charge is 2.47. The van der Waals surface area contributed by atoms with Crippen LogP contribution >= 0.6 is 0 Å². The van der Waals surface area contributed by atoms with Crippen molar-refractivity contribution in [3.63, 3.8) is 0 Å². The summed E-state index contributed by atoms with van der Waals surface area (Å²) >= 11 is 0. The summed E-state index contributed by atoms with van der Waals surface area (Å²) in [6, 6.07) is 16.5. The van der Waals surface area contributed by atoms with Crippen LogP contribution in [0.15, 0.2) is 59.5 Å². The quantitative estimate of drug-likeness (QED) is 0.561. The molecule has 3 aliphatic rings. The van der Waals surface area contributed by atoms with Gasteiger partial charge in [0.05, 0.1) is 43.0 Å². The van der Waals surface area contributed by atoms with E-state index in [1.165, 1.54) is 10.4 Å². The molecule has 5 rings (SSSR count). The normalized spacial score (nSPS) is 25.4. The minimum atomic E-state index is -3.64. The zero-order valence-electron chi connectivity index (χ0n) is 21.0. The molecule has 2 aromatic carbocycles. The number of carbonyl (C=O) groups is 1. The number of anilines is 1. The number of benzene rings is 2. The van der Waals surface area contributed by atoms with E-state index in [1.807, 2.05) is 30.3 Å². The molecule has 0 aromatic heterocycles. The Morgan fingerprint density at radius 2 is 1.84 bits per heavy atom. The molecule has 0 unspecified atom stereocenters. The number of likely N-dealkylation sites (tertiary alicyclic amines) is 1. The minimum absolute atomic E-state index is 0.126. The molecule has 0 radical (unpaired) electrons. The van der Waals surface area contributed by atoms with E-state index >= 15 is 0 Å². The Hall–Kier alpha value is -2.34. The van der Waals surface area contributed by atoms with Crippen LogP contribution in [-0.2, 0) is 35.6 Å². The predicted molar refractivity (Wildman–Crippen MR) is 139 cm³/mol. The largest absolute Gasteiger partial charge is 0.379 e. The maximum Gasteiger partial charge on any atom is 0.243 e. The minimum Gasteiger partial charge on any atom is -0.379 e. The monoisotopic (exact) mass is 529 g/mol. The van der Waals surface area contributed by atoms with Crippen LogP contribution in [0.2, 0.25) is 0 Å². The number of sulfonamides is 1. The van der Waals surface area contributed by atoms with Crippen molar-refractivity contribution in [3.05, 3.63) is 60.2 Å². The van der Waals surface area contributed by atoms with Crippen LogP contribution < -0.4 is 5.32 Å². The molecule has 1 spiro atoms. The average molecular weight is 530 g/mol. The lowest BCUT2D eigenvalue weighted by molar-refractivity contribution is -0.159. The number of hydrogen-bond donors (Lipinski definition) is 1. The van der Waals surface area contributed by atoms with Crippen LogP contribution in [0.3, 0.4) is 0 Å². The van der Waals surface area contributed by atoms with Gasteiger partial charge in [-0.15, -0.1) is 0 Å². The van der Waals surface area contributed by atoms with Crippen molar-refractivity contribution in [2.45, 2.75) is 42.5 Å². The summed E-state index contributed by atoms with van der Waals surface area (Å²) in [6.07, 6.45) is 2.68. The van der Waals surface area contributed by atoms with Gasteiger partial charge in [-0.05, 0) is 43.0 Å². The van der Waals surface area contributed by atoms with Crippen molar-refractivity contribution in [2.75, 3.05) is 57.9 Å². The third-order valence-corrected chi connectivity index (χ3v) is 9.28. The van der Waals surface area contributed by atoms with Crippen LogP contribution in [0.25, 0.3) is 0 Å². The molecular weight excluding hydrogens is 494 g/mol. The van der Waals surface area contributed by atoms with Crippen molar-refractivity contribution in [1.29, 1.82) is 0 Å². The molecule has 0 aliphatic carbocycles. The van der Waals surface area contributed by atoms with Crippen LogP contribution in [0.4, 0.5) is 5.69 Å². The maximum absolute atomic E-state index is 13.0. The maximum atomic E-state index is 13.0. The third kappa shape index (κ3) is 6.22. The van der Waals surface area contributed by atoms with Crippen molar-refractivity contribution in [1.82, 2.24) is 9.21 Å². The smallest absolute Gasteiger partial charge is 0.243 e. The number of piperidine rings is 1. The van der Waals surface area contributed by atoms with Gasteiger partial charge in [-0.25, -0.2) is 8.42 Å². The first-order chi connectivity index (χ1) is 17.9. The molecule has 37 heavy (non-hydrogen) atoms. The van der Waals surface area contributed by atoms with Crippen LogP contribution in [0, 0.1) is 0 Å². The van der Waals surface area contributed by atoms with Crippen LogP contribution in [0.5, 0.6) is 0 Å². The number of morpholine rings is 1. The van der Waals surface area contributed by atoms with E-state index in [9.17, 15) is 13.2 Å². The van der Waals surface area contributed by atoms with E-state index in [0.29, 0.717) is 45.1 Å². The molecule has 200 valence electrons. The van der Waals surface area contributed by atoms with Crippen molar-refractivity contribution < 1.29 is 27.4 Å². The Balaban J connectivity index is 1.20. The number of amides is 1. The molecule has 2 aromatic rings. The van der Waals surface area contributed by atoms with E-state index in [0.717, 1.165) is 38.0 Å². The van der Waals surface area contributed by atoms with Gasteiger partial charge in [0.1, 0.15) is 0 Å². The number of rotatable bonds is 8. The fourth-order valence-electron chi connectivity index (χ4n) is 5.36. The SMILES string of the molecule is O=C(CN1CC[C@]2(CCCO2)[C@H](OCc2ccccc2)C1)Nc1cccc(S(=O)(=O)N2CCOCC2)c1. The fraction of sp³-hybridized carbons (Fsp3) is 0.519. The highest BCUT2D eigenvalue weighted by atomic mass is 32.2. The molecule has 3 aliphatic heterocycles. The third-order valence-electron chi connectivity index (χ3n) is 7.38. The van der Waals surface area contributed by atoms with Gasteiger partial charge in [-0.3, -0.25) is 9.69 Å². The number of hydrogen-bond acceptors (Lipinski definition) is 7. The van der Waals surface area contributed by atoms with Gasteiger partial charge in [-0.1, -0.05) is 36.4 Å². The van der Waals surface area contributed by atoms with Crippen molar-refractivity contribution in [2.24, 2.45) is 0 Å². The van der Waals surface area contributed by atoms with Gasteiger partial charge in [0.25, 0.3) is 0 Å². The lowest BCUT2D eigenvalue weighted by Crippen LogP contribution is -2.57. The zero-order valence-corrected chi connectivity index (χ0v) is 21.8. The second-order valence-electron chi connectivity index (χ2n) is 9.88. The second kappa shape index (κ2) is 11.6. The molecule has 1 amide bonds. The Labute approximate surface area is 218 Å². The highest BCUT2D eigenvalue weighted by Crippen LogP contribution is 2.38. The van der Waals surface area contributed by atoms with E-state index in [-0.39, 0.29) is 29.1 Å². The Morgan fingerprint density at radius 3 is 2.59 bits per heavy atom. The molecule has 3 heterocycles.